The van der Waals surface area contributed by atoms with Gasteiger partial charge in [0.2, 0.25) is 0 Å². The number of carbonyl (C=O) groups is 3. The van der Waals surface area contributed by atoms with Crippen molar-refractivity contribution in [2.45, 2.75) is 65.0 Å². The number of benzene rings is 1. The summed E-state index contributed by atoms with van der Waals surface area (Å²) in [5.41, 5.74) is -0.882. The molecule has 1 heterocycles. The number of Topliss-reactive ketones (excluding diaryl/α,β-unsaturated/α-hetero) is 1. The van der Waals surface area contributed by atoms with Crippen LogP contribution in [0.5, 0.6) is 0 Å². The topological polar surface area (TPSA) is 108 Å². The molecule has 0 spiro atoms. The summed E-state index contributed by atoms with van der Waals surface area (Å²) < 4.78 is 20.9. The van der Waals surface area contributed by atoms with E-state index in [1.165, 1.54) is 13.8 Å². The third kappa shape index (κ3) is 6.35. The molecule has 0 saturated carbocycles. The number of aryl methyl sites for hydroxylation is 1. The van der Waals surface area contributed by atoms with E-state index < -0.39 is 29.7 Å². The lowest BCUT2D eigenvalue weighted by Gasteiger charge is -2.23. The Morgan fingerprint density at radius 1 is 1.10 bits per heavy atom. The molecule has 2 rings (SSSR count). The number of carbonyl (C=O) groups excluding carboxylic acids is 3. The van der Waals surface area contributed by atoms with Gasteiger partial charge in [0.05, 0.1) is 26.2 Å². The quantitative estimate of drug-likeness (QED) is 0.348. The van der Waals surface area contributed by atoms with E-state index in [4.69, 9.17) is 18.9 Å². The van der Waals surface area contributed by atoms with Crippen LogP contribution in [0.3, 0.4) is 0 Å². The molecule has 1 aliphatic heterocycles. The highest BCUT2D eigenvalue weighted by atomic mass is 16.7. The van der Waals surface area contributed by atoms with Gasteiger partial charge in [0, 0.05) is 12.2 Å². The number of hydrogen-bond acceptors (Lipinski definition) is 8. The fourth-order valence-electron chi connectivity index (χ4n) is 3.20. The zero-order valence-corrected chi connectivity index (χ0v) is 17.8. The van der Waals surface area contributed by atoms with E-state index in [1.807, 2.05) is 13.0 Å². The van der Waals surface area contributed by atoms with Gasteiger partial charge >= 0.3 is 11.9 Å². The first kappa shape index (κ1) is 24.0. The Balaban J connectivity index is 2.15. The highest BCUT2D eigenvalue weighted by molar-refractivity contribution is 6.10. The number of hydrogen-bond donors (Lipinski definition) is 1. The first-order valence-electron chi connectivity index (χ1n) is 10.2. The smallest absolute Gasteiger partial charge is 0.350 e. The van der Waals surface area contributed by atoms with E-state index in [0.29, 0.717) is 6.61 Å². The number of esters is 2. The van der Waals surface area contributed by atoms with Crippen LogP contribution in [0.2, 0.25) is 0 Å². The third-order valence-electron chi connectivity index (χ3n) is 4.68. The fraction of sp³-hybridized carbons (Fsp3) is 0.591. The zero-order chi connectivity index (χ0) is 22.1. The lowest BCUT2D eigenvalue weighted by atomic mass is 9.92. The van der Waals surface area contributed by atoms with Crippen LogP contribution in [0.25, 0.3) is 0 Å². The zero-order valence-electron chi connectivity index (χ0n) is 17.8. The molecule has 1 atom stereocenters. The summed E-state index contributed by atoms with van der Waals surface area (Å²) in [6.45, 7) is 5.71. The minimum atomic E-state index is -2.69. The van der Waals surface area contributed by atoms with E-state index in [9.17, 15) is 19.5 Å². The summed E-state index contributed by atoms with van der Waals surface area (Å²) in [5.74, 6) is -3.00. The van der Waals surface area contributed by atoms with Crippen molar-refractivity contribution in [3.05, 3.63) is 34.9 Å². The van der Waals surface area contributed by atoms with Gasteiger partial charge in [-0.15, -0.1) is 0 Å². The molecule has 0 aromatic heterocycles. The molecule has 1 aromatic carbocycles. The molecule has 1 N–H and O–H groups in total. The van der Waals surface area contributed by atoms with Crippen molar-refractivity contribution >= 4 is 17.7 Å². The standard InChI is InChI=1S/C22H30O8/c1-4-27-20(24)22(26,21(25)28-5-2)13-18(23)17-11-15(3)10-16(12-17)14-30-19-8-6-7-9-29-19/h10-12,19,26H,4-9,13-14H2,1-3H3. The maximum Gasteiger partial charge on any atom is 0.350 e. The fourth-order valence-corrected chi connectivity index (χ4v) is 3.20. The van der Waals surface area contributed by atoms with Gasteiger partial charge < -0.3 is 24.1 Å². The highest BCUT2D eigenvalue weighted by Crippen LogP contribution is 2.22. The van der Waals surface area contributed by atoms with E-state index in [1.54, 1.807) is 12.1 Å². The van der Waals surface area contributed by atoms with Crippen LogP contribution in [0.1, 0.15) is 61.0 Å². The van der Waals surface area contributed by atoms with Crippen LogP contribution in [-0.4, -0.2) is 54.5 Å². The minimum Gasteiger partial charge on any atom is -0.463 e. The van der Waals surface area contributed by atoms with E-state index >= 15 is 0 Å². The molecule has 0 amide bonds. The summed E-state index contributed by atoms with van der Waals surface area (Å²) >= 11 is 0. The molecule has 1 saturated heterocycles. The second-order valence-corrected chi connectivity index (χ2v) is 7.22. The minimum absolute atomic E-state index is 0.0517. The van der Waals surface area contributed by atoms with Crippen LogP contribution in [0.4, 0.5) is 0 Å². The average Bonchev–Trinajstić information content (AvgIpc) is 2.72. The SMILES string of the molecule is CCOC(=O)C(O)(CC(=O)c1cc(C)cc(COC2CCCCO2)c1)C(=O)OCC. The molecule has 0 aliphatic carbocycles. The van der Waals surface area contributed by atoms with Gasteiger partial charge in [0.15, 0.2) is 12.1 Å². The molecule has 8 nitrogen and oxygen atoms in total. The average molecular weight is 422 g/mol. The lowest BCUT2D eigenvalue weighted by molar-refractivity contribution is -0.182. The molecule has 166 valence electrons. The van der Waals surface area contributed by atoms with Crippen molar-refractivity contribution < 1.29 is 38.4 Å². The first-order valence-corrected chi connectivity index (χ1v) is 10.2. The van der Waals surface area contributed by atoms with Gasteiger partial charge in [-0.3, -0.25) is 4.79 Å². The van der Waals surface area contributed by atoms with Crippen molar-refractivity contribution in [3.63, 3.8) is 0 Å². The first-order chi connectivity index (χ1) is 14.3. The van der Waals surface area contributed by atoms with Gasteiger partial charge in [0.1, 0.15) is 0 Å². The summed E-state index contributed by atoms with van der Waals surface area (Å²) in [7, 11) is 0. The van der Waals surface area contributed by atoms with Crippen LogP contribution >= 0.6 is 0 Å². The van der Waals surface area contributed by atoms with Crippen molar-refractivity contribution in [1.82, 2.24) is 0 Å². The predicted molar refractivity (Wildman–Crippen MR) is 107 cm³/mol. The van der Waals surface area contributed by atoms with Gasteiger partial charge in [-0.2, -0.15) is 0 Å². The van der Waals surface area contributed by atoms with Crippen LogP contribution in [0.15, 0.2) is 18.2 Å². The van der Waals surface area contributed by atoms with Gasteiger partial charge in [-0.05, 0) is 57.7 Å². The summed E-state index contributed by atoms with van der Waals surface area (Å²) in [4.78, 5) is 37.2. The normalized spacial score (nSPS) is 16.7. The maximum absolute atomic E-state index is 12.8. The Hall–Kier alpha value is -2.29. The highest BCUT2D eigenvalue weighted by Gasteiger charge is 2.49. The van der Waals surface area contributed by atoms with Gasteiger partial charge in [-0.25, -0.2) is 9.59 Å². The Kier molecular flexibility index (Phi) is 8.95. The Morgan fingerprint density at radius 2 is 1.77 bits per heavy atom. The number of rotatable bonds is 10. The largest absolute Gasteiger partial charge is 0.463 e. The third-order valence-corrected chi connectivity index (χ3v) is 4.68. The van der Waals surface area contributed by atoms with Crippen LogP contribution in [0, 0.1) is 6.92 Å². The second-order valence-electron chi connectivity index (χ2n) is 7.22. The summed E-state index contributed by atoms with van der Waals surface area (Å²) in [6, 6.07) is 5.12. The molecule has 1 unspecified atom stereocenters. The molecule has 0 radical (unpaired) electrons. The second kappa shape index (κ2) is 11.2. The molecular weight excluding hydrogens is 392 g/mol. The molecule has 1 fully saturated rings. The van der Waals surface area contributed by atoms with Gasteiger partial charge in [0.25, 0.3) is 5.60 Å². The monoisotopic (exact) mass is 422 g/mol. The Labute approximate surface area is 176 Å². The Morgan fingerprint density at radius 3 is 2.33 bits per heavy atom. The number of aliphatic hydroxyl groups is 1. The van der Waals surface area contributed by atoms with Crippen molar-refractivity contribution in [2.24, 2.45) is 0 Å². The molecule has 1 aliphatic rings. The van der Waals surface area contributed by atoms with Crippen molar-refractivity contribution in [3.8, 4) is 0 Å². The van der Waals surface area contributed by atoms with Crippen molar-refractivity contribution in [1.29, 1.82) is 0 Å². The van der Waals surface area contributed by atoms with Crippen LogP contribution < -0.4 is 0 Å². The van der Waals surface area contributed by atoms with E-state index in [0.717, 1.165) is 30.4 Å². The molecular formula is C22H30O8. The predicted octanol–water partition coefficient (Wildman–Crippen LogP) is 2.47. The maximum atomic E-state index is 12.8. The summed E-state index contributed by atoms with van der Waals surface area (Å²) in [5, 5.41) is 10.6. The van der Waals surface area contributed by atoms with Crippen molar-refractivity contribution in [2.75, 3.05) is 19.8 Å². The van der Waals surface area contributed by atoms with E-state index in [2.05, 4.69) is 0 Å². The molecule has 30 heavy (non-hydrogen) atoms. The van der Waals surface area contributed by atoms with Crippen LogP contribution in [-0.2, 0) is 35.1 Å². The lowest BCUT2D eigenvalue weighted by Crippen LogP contribution is -2.50. The van der Waals surface area contributed by atoms with Gasteiger partial charge in [-0.1, -0.05) is 11.6 Å². The molecule has 1 aromatic rings. The molecule has 8 heteroatoms. The summed E-state index contributed by atoms with van der Waals surface area (Å²) in [6.07, 6.45) is 1.84. The van der Waals surface area contributed by atoms with E-state index in [-0.39, 0.29) is 31.7 Å². The number of ether oxygens (including phenoxy) is 4. The Bertz CT molecular complexity index is 734. The number of ketones is 1. The molecule has 0 bridgehead atoms.